The summed E-state index contributed by atoms with van der Waals surface area (Å²) in [5, 5.41) is 6.52. The van der Waals surface area contributed by atoms with Gasteiger partial charge in [-0.1, -0.05) is 13.0 Å². The molecule has 0 aromatic carbocycles. The van der Waals surface area contributed by atoms with Gasteiger partial charge in [0.15, 0.2) is 5.96 Å². The van der Waals surface area contributed by atoms with Crippen LogP contribution in [0.2, 0.25) is 0 Å². The second kappa shape index (κ2) is 9.22. The molecule has 0 saturated heterocycles. The zero-order valence-corrected chi connectivity index (χ0v) is 15.6. The Labute approximate surface area is 147 Å². The Kier molecular flexibility index (Phi) is 6.99. The Hall–Kier alpha value is -2.15. The van der Waals surface area contributed by atoms with Crippen LogP contribution in [0.3, 0.4) is 0 Å². The number of ether oxygens (including phenoxy) is 1. The van der Waals surface area contributed by atoms with E-state index < -0.39 is 0 Å². The van der Waals surface area contributed by atoms with Gasteiger partial charge in [-0.05, 0) is 19.4 Å². The molecular formula is C17H25N5OS. The molecule has 0 saturated carbocycles. The van der Waals surface area contributed by atoms with Crippen LogP contribution in [0, 0.1) is 6.92 Å². The zero-order chi connectivity index (χ0) is 17.4. The lowest BCUT2D eigenvalue weighted by Crippen LogP contribution is -2.38. The Morgan fingerprint density at radius 3 is 2.96 bits per heavy atom. The number of hydrogen-bond donors (Lipinski definition) is 1. The van der Waals surface area contributed by atoms with E-state index in [-0.39, 0.29) is 0 Å². The number of pyridine rings is 1. The van der Waals surface area contributed by atoms with Gasteiger partial charge in [-0.2, -0.15) is 0 Å². The molecule has 0 unspecified atom stereocenters. The molecule has 0 fully saturated rings. The van der Waals surface area contributed by atoms with E-state index in [1.54, 1.807) is 24.6 Å². The molecule has 2 heterocycles. The average molecular weight is 347 g/mol. The standard InChI is InChI=1S/C17H25N5OS/c1-5-9-23-16-14(7-6-8-19-16)10-20-17(18-3)22(4)11-15-12-24-13(2)21-15/h6-8,12H,5,9-11H2,1-4H3,(H,18,20). The Bertz CT molecular complexity index is 671. The summed E-state index contributed by atoms with van der Waals surface area (Å²) in [6, 6.07) is 3.93. The fourth-order valence-corrected chi connectivity index (χ4v) is 2.85. The molecule has 0 radical (unpaired) electrons. The molecule has 0 amide bonds. The first-order valence-corrected chi connectivity index (χ1v) is 8.91. The van der Waals surface area contributed by atoms with Gasteiger partial charge in [-0.15, -0.1) is 11.3 Å². The Morgan fingerprint density at radius 2 is 2.29 bits per heavy atom. The summed E-state index contributed by atoms with van der Waals surface area (Å²) in [6.45, 7) is 6.09. The third-order valence-electron chi connectivity index (χ3n) is 3.37. The van der Waals surface area contributed by atoms with Crippen molar-refractivity contribution in [3.63, 3.8) is 0 Å². The second-order valence-electron chi connectivity index (χ2n) is 5.43. The molecule has 6 nitrogen and oxygen atoms in total. The van der Waals surface area contributed by atoms with Crippen molar-refractivity contribution >= 4 is 17.3 Å². The molecule has 24 heavy (non-hydrogen) atoms. The first-order chi connectivity index (χ1) is 11.6. The van der Waals surface area contributed by atoms with E-state index in [1.807, 2.05) is 26.1 Å². The third kappa shape index (κ3) is 5.19. The smallest absolute Gasteiger partial charge is 0.218 e. The van der Waals surface area contributed by atoms with Crippen molar-refractivity contribution in [2.45, 2.75) is 33.4 Å². The van der Waals surface area contributed by atoms with E-state index in [2.05, 4.69) is 37.5 Å². The number of aryl methyl sites for hydroxylation is 1. The predicted octanol–water partition coefficient (Wildman–Crippen LogP) is 2.84. The van der Waals surface area contributed by atoms with Gasteiger partial charge in [0.2, 0.25) is 5.88 Å². The fraction of sp³-hybridized carbons (Fsp3) is 0.471. The molecule has 0 aliphatic carbocycles. The minimum atomic E-state index is 0.611. The predicted molar refractivity (Wildman–Crippen MR) is 98.5 cm³/mol. The number of hydrogen-bond acceptors (Lipinski definition) is 5. The lowest BCUT2D eigenvalue weighted by molar-refractivity contribution is 0.301. The van der Waals surface area contributed by atoms with E-state index in [0.29, 0.717) is 19.0 Å². The van der Waals surface area contributed by atoms with Crippen LogP contribution in [-0.4, -0.2) is 41.5 Å². The first-order valence-electron chi connectivity index (χ1n) is 8.03. The number of aliphatic imine (C=N–C) groups is 1. The summed E-state index contributed by atoms with van der Waals surface area (Å²) >= 11 is 1.66. The van der Waals surface area contributed by atoms with Crippen LogP contribution in [0.25, 0.3) is 0 Å². The van der Waals surface area contributed by atoms with Gasteiger partial charge in [0.1, 0.15) is 0 Å². The molecule has 2 rings (SSSR count). The van der Waals surface area contributed by atoms with E-state index in [0.717, 1.165) is 35.2 Å². The van der Waals surface area contributed by atoms with Crippen LogP contribution in [0.5, 0.6) is 5.88 Å². The van der Waals surface area contributed by atoms with Crippen molar-refractivity contribution in [1.82, 2.24) is 20.2 Å². The van der Waals surface area contributed by atoms with Crippen LogP contribution >= 0.6 is 11.3 Å². The van der Waals surface area contributed by atoms with Crippen LogP contribution in [0.15, 0.2) is 28.7 Å². The molecule has 0 atom stereocenters. The average Bonchev–Trinajstić information content (AvgIpc) is 2.99. The minimum absolute atomic E-state index is 0.611. The van der Waals surface area contributed by atoms with Gasteiger partial charge in [-0.25, -0.2) is 9.97 Å². The van der Waals surface area contributed by atoms with Gasteiger partial charge in [-0.3, -0.25) is 4.99 Å². The van der Waals surface area contributed by atoms with Crippen molar-refractivity contribution in [3.8, 4) is 5.88 Å². The molecule has 0 aliphatic heterocycles. The number of nitrogens with one attached hydrogen (secondary N) is 1. The first kappa shape index (κ1) is 18.2. The Balaban J connectivity index is 1.96. The summed E-state index contributed by atoms with van der Waals surface area (Å²) in [7, 11) is 3.78. The van der Waals surface area contributed by atoms with E-state index >= 15 is 0 Å². The van der Waals surface area contributed by atoms with Gasteiger partial charge < -0.3 is 15.0 Å². The Morgan fingerprint density at radius 1 is 1.46 bits per heavy atom. The quantitative estimate of drug-likeness (QED) is 0.616. The summed E-state index contributed by atoms with van der Waals surface area (Å²) in [6.07, 6.45) is 2.71. The maximum atomic E-state index is 5.70. The number of rotatable bonds is 7. The van der Waals surface area contributed by atoms with Crippen LogP contribution in [0.1, 0.15) is 29.6 Å². The van der Waals surface area contributed by atoms with Crippen molar-refractivity contribution in [3.05, 3.63) is 40.0 Å². The molecule has 130 valence electrons. The highest BCUT2D eigenvalue weighted by Crippen LogP contribution is 2.14. The molecule has 2 aromatic rings. The van der Waals surface area contributed by atoms with E-state index in [9.17, 15) is 0 Å². The third-order valence-corrected chi connectivity index (χ3v) is 4.19. The maximum absolute atomic E-state index is 5.70. The molecule has 0 aliphatic rings. The molecule has 0 bridgehead atoms. The fourth-order valence-electron chi connectivity index (χ4n) is 2.25. The van der Waals surface area contributed by atoms with Crippen LogP contribution in [-0.2, 0) is 13.1 Å². The normalized spacial score (nSPS) is 11.4. The molecule has 7 heteroatoms. The summed E-state index contributed by atoms with van der Waals surface area (Å²) in [4.78, 5) is 15.2. The SMILES string of the molecule is CCCOc1ncccc1CNC(=NC)N(C)Cc1csc(C)n1. The largest absolute Gasteiger partial charge is 0.477 e. The molecule has 0 spiro atoms. The van der Waals surface area contributed by atoms with E-state index in [4.69, 9.17) is 4.74 Å². The van der Waals surface area contributed by atoms with Gasteiger partial charge >= 0.3 is 0 Å². The maximum Gasteiger partial charge on any atom is 0.218 e. The highest BCUT2D eigenvalue weighted by Gasteiger charge is 2.10. The van der Waals surface area contributed by atoms with E-state index in [1.165, 1.54) is 0 Å². The van der Waals surface area contributed by atoms with Crippen molar-refractivity contribution < 1.29 is 4.74 Å². The lowest BCUT2D eigenvalue weighted by Gasteiger charge is -2.21. The highest BCUT2D eigenvalue weighted by molar-refractivity contribution is 7.09. The number of nitrogens with zero attached hydrogens (tertiary/aromatic N) is 4. The molecule has 2 aromatic heterocycles. The van der Waals surface area contributed by atoms with Gasteiger partial charge in [0, 0.05) is 37.8 Å². The monoisotopic (exact) mass is 347 g/mol. The second-order valence-corrected chi connectivity index (χ2v) is 6.49. The molecular weight excluding hydrogens is 322 g/mol. The van der Waals surface area contributed by atoms with Crippen molar-refractivity contribution in [2.24, 2.45) is 4.99 Å². The number of guanidine groups is 1. The summed E-state index contributed by atoms with van der Waals surface area (Å²) < 4.78 is 5.70. The molecule has 1 N–H and O–H groups in total. The summed E-state index contributed by atoms with van der Waals surface area (Å²) in [5.74, 6) is 1.49. The van der Waals surface area contributed by atoms with Crippen LogP contribution in [0.4, 0.5) is 0 Å². The topological polar surface area (TPSA) is 62.6 Å². The highest BCUT2D eigenvalue weighted by atomic mass is 32.1. The van der Waals surface area contributed by atoms with Gasteiger partial charge in [0.05, 0.1) is 23.9 Å². The zero-order valence-electron chi connectivity index (χ0n) is 14.7. The van der Waals surface area contributed by atoms with Crippen molar-refractivity contribution in [1.29, 1.82) is 0 Å². The number of aromatic nitrogens is 2. The lowest BCUT2D eigenvalue weighted by atomic mass is 10.2. The minimum Gasteiger partial charge on any atom is -0.477 e. The number of thiazole rings is 1. The van der Waals surface area contributed by atoms with Crippen LogP contribution < -0.4 is 10.1 Å². The summed E-state index contributed by atoms with van der Waals surface area (Å²) in [5.41, 5.74) is 2.07. The van der Waals surface area contributed by atoms with Gasteiger partial charge in [0.25, 0.3) is 0 Å². The van der Waals surface area contributed by atoms with Crippen molar-refractivity contribution in [2.75, 3.05) is 20.7 Å².